The summed E-state index contributed by atoms with van der Waals surface area (Å²) in [6.45, 7) is 1.75. The molecular formula is C15H13NO5. The second kappa shape index (κ2) is 6.04. The van der Waals surface area contributed by atoms with Crippen molar-refractivity contribution in [1.82, 2.24) is 0 Å². The topological polar surface area (TPSA) is 89.7 Å². The Morgan fingerprint density at radius 1 is 1.24 bits per heavy atom. The third-order valence-corrected chi connectivity index (χ3v) is 2.98. The highest BCUT2D eigenvalue weighted by Crippen LogP contribution is 2.29. The molecule has 6 heteroatoms. The highest BCUT2D eigenvalue weighted by atomic mass is 16.6. The monoisotopic (exact) mass is 287 g/mol. The van der Waals surface area contributed by atoms with Crippen LogP contribution in [0, 0.1) is 10.1 Å². The molecule has 2 aromatic rings. The van der Waals surface area contributed by atoms with Crippen LogP contribution in [0.3, 0.4) is 0 Å². The van der Waals surface area contributed by atoms with Gasteiger partial charge in [-0.2, -0.15) is 0 Å². The first-order valence-electron chi connectivity index (χ1n) is 6.22. The van der Waals surface area contributed by atoms with Gasteiger partial charge in [-0.1, -0.05) is 30.3 Å². The largest absolute Gasteiger partial charge is 0.485 e. The lowest BCUT2D eigenvalue weighted by Crippen LogP contribution is -2.08. The highest BCUT2D eigenvalue weighted by Gasteiger charge is 2.19. The molecule has 0 aliphatic heterocycles. The van der Waals surface area contributed by atoms with Crippen molar-refractivity contribution in [2.75, 3.05) is 0 Å². The molecule has 0 radical (unpaired) electrons. The van der Waals surface area contributed by atoms with Crippen molar-refractivity contribution in [2.24, 2.45) is 0 Å². The summed E-state index contributed by atoms with van der Waals surface area (Å²) in [5.41, 5.74) is 0.527. The van der Waals surface area contributed by atoms with Crippen molar-refractivity contribution in [1.29, 1.82) is 0 Å². The number of nitro groups is 1. The Labute approximate surface area is 120 Å². The highest BCUT2D eigenvalue weighted by molar-refractivity contribution is 5.91. The first kappa shape index (κ1) is 14.5. The lowest BCUT2D eigenvalue weighted by Gasteiger charge is -2.16. The third-order valence-electron chi connectivity index (χ3n) is 2.98. The number of hydrogen-bond acceptors (Lipinski definition) is 4. The molecule has 0 saturated carbocycles. The van der Waals surface area contributed by atoms with E-state index in [0.29, 0.717) is 0 Å². The number of hydrogen-bond donors (Lipinski definition) is 1. The summed E-state index contributed by atoms with van der Waals surface area (Å²) in [4.78, 5) is 21.4. The average Bonchev–Trinajstić information content (AvgIpc) is 2.47. The number of ether oxygens (including phenoxy) is 1. The first-order chi connectivity index (χ1) is 9.99. The van der Waals surface area contributed by atoms with Crippen molar-refractivity contribution in [2.45, 2.75) is 13.0 Å². The quantitative estimate of drug-likeness (QED) is 0.672. The molecule has 0 bridgehead atoms. The minimum atomic E-state index is -1.19. The van der Waals surface area contributed by atoms with Gasteiger partial charge in [-0.15, -0.1) is 0 Å². The molecule has 0 amide bonds. The molecule has 1 N–H and O–H groups in total. The van der Waals surface area contributed by atoms with Gasteiger partial charge in [-0.3, -0.25) is 10.1 Å². The number of benzene rings is 2. The summed E-state index contributed by atoms with van der Waals surface area (Å²) < 4.78 is 5.60. The molecule has 0 heterocycles. The lowest BCUT2D eigenvalue weighted by atomic mass is 10.1. The molecule has 0 saturated heterocycles. The van der Waals surface area contributed by atoms with E-state index in [2.05, 4.69) is 0 Å². The summed E-state index contributed by atoms with van der Waals surface area (Å²) in [7, 11) is 0. The Hall–Kier alpha value is -2.89. The molecule has 2 aromatic carbocycles. The molecule has 1 unspecified atom stereocenters. The fraction of sp³-hybridized carbons (Fsp3) is 0.133. The summed E-state index contributed by atoms with van der Waals surface area (Å²) in [5, 5.41) is 19.9. The predicted octanol–water partition coefficient (Wildman–Crippen LogP) is 3.43. The SMILES string of the molecule is CC(Oc1cc([N+](=O)[O-])ccc1C(=O)O)c1ccccc1. The number of carbonyl (C=O) groups is 1. The van der Waals surface area contributed by atoms with Gasteiger partial charge in [-0.05, 0) is 18.6 Å². The predicted molar refractivity (Wildman–Crippen MR) is 75.5 cm³/mol. The fourth-order valence-corrected chi connectivity index (χ4v) is 1.88. The van der Waals surface area contributed by atoms with E-state index >= 15 is 0 Å². The first-order valence-corrected chi connectivity index (χ1v) is 6.22. The smallest absolute Gasteiger partial charge is 0.339 e. The molecule has 0 aliphatic rings. The van der Waals surface area contributed by atoms with Crippen molar-refractivity contribution in [3.8, 4) is 5.75 Å². The molecule has 108 valence electrons. The number of carboxylic acid groups (broad SMARTS) is 1. The van der Waals surface area contributed by atoms with Crippen LogP contribution in [0.1, 0.15) is 28.9 Å². The molecule has 0 fully saturated rings. The van der Waals surface area contributed by atoms with Gasteiger partial charge in [0.1, 0.15) is 17.4 Å². The van der Waals surface area contributed by atoms with E-state index < -0.39 is 17.0 Å². The van der Waals surface area contributed by atoms with Crippen LogP contribution in [-0.2, 0) is 0 Å². The minimum absolute atomic E-state index is 0.0203. The van der Waals surface area contributed by atoms with Crippen LogP contribution in [0.25, 0.3) is 0 Å². The molecule has 6 nitrogen and oxygen atoms in total. The van der Waals surface area contributed by atoms with Gasteiger partial charge < -0.3 is 9.84 Å². The van der Waals surface area contributed by atoms with E-state index in [1.165, 1.54) is 6.07 Å². The average molecular weight is 287 g/mol. The maximum Gasteiger partial charge on any atom is 0.339 e. The summed E-state index contributed by atoms with van der Waals surface area (Å²) >= 11 is 0. The summed E-state index contributed by atoms with van der Waals surface area (Å²) in [6.07, 6.45) is -0.425. The third kappa shape index (κ3) is 3.36. The van der Waals surface area contributed by atoms with E-state index in [9.17, 15) is 14.9 Å². The lowest BCUT2D eigenvalue weighted by molar-refractivity contribution is -0.385. The van der Waals surface area contributed by atoms with Gasteiger partial charge in [-0.25, -0.2) is 4.79 Å². The van der Waals surface area contributed by atoms with Crippen LogP contribution in [0.2, 0.25) is 0 Å². The van der Waals surface area contributed by atoms with Crippen molar-refractivity contribution in [3.05, 3.63) is 69.8 Å². The van der Waals surface area contributed by atoms with Gasteiger partial charge in [0.15, 0.2) is 0 Å². The Balaban J connectivity index is 2.35. The van der Waals surface area contributed by atoms with Gasteiger partial charge in [0, 0.05) is 6.07 Å². The van der Waals surface area contributed by atoms with Gasteiger partial charge in [0.05, 0.1) is 11.0 Å². The second-order valence-electron chi connectivity index (χ2n) is 4.41. The van der Waals surface area contributed by atoms with Gasteiger partial charge in [0.2, 0.25) is 0 Å². The molecular weight excluding hydrogens is 274 g/mol. The number of carboxylic acids is 1. The molecule has 2 rings (SSSR count). The summed E-state index contributed by atoms with van der Waals surface area (Å²) in [5.74, 6) is -1.21. The van der Waals surface area contributed by atoms with Gasteiger partial charge in [0.25, 0.3) is 5.69 Å². The molecule has 21 heavy (non-hydrogen) atoms. The molecule has 1 atom stereocenters. The van der Waals surface area contributed by atoms with Crippen LogP contribution in [0.15, 0.2) is 48.5 Å². The number of rotatable bonds is 5. The van der Waals surface area contributed by atoms with Crippen LogP contribution in [0.4, 0.5) is 5.69 Å². The van der Waals surface area contributed by atoms with Crippen LogP contribution in [0.5, 0.6) is 5.75 Å². The van der Waals surface area contributed by atoms with E-state index in [4.69, 9.17) is 9.84 Å². The van der Waals surface area contributed by atoms with Crippen LogP contribution in [-0.4, -0.2) is 16.0 Å². The van der Waals surface area contributed by atoms with E-state index in [-0.39, 0.29) is 17.0 Å². The zero-order valence-corrected chi connectivity index (χ0v) is 11.2. The minimum Gasteiger partial charge on any atom is -0.485 e. The fourth-order valence-electron chi connectivity index (χ4n) is 1.88. The Bertz CT molecular complexity index is 669. The maximum absolute atomic E-state index is 11.2. The van der Waals surface area contributed by atoms with E-state index in [0.717, 1.165) is 17.7 Å². The van der Waals surface area contributed by atoms with E-state index in [1.54, 1.807) is 6.92 Å². The van der Waals surface area contributed by atoms with Gasteiger partial charge >= 0.3 is 5.97 Å². The number of aromatic carboxylic acids is 1. The van der Waals surface area contributed by atoms with Crippen LogP contribution >= 0.6 is 0 Å². The van der Waals surface area contributed by atoms with Crippen molar-refractivity contribution >= 4 is 11.7 Å². The van der Waals surface area contributed by atoms with Crippen molar-refractivity contribution < 1.29 is 19.6 Å². The second-order valence-corrected chi connectivity index (χ2v) is 4.41. The van der Waals surface area contributed by atoms with E-state index in [1.807, 2.05) is 30.3 Å². The van der Waals surface area contributed by atoms with Crippen LogP contribution < -0.4 is 4.74 Å². The maximum atomic E-state index is 11.2. The van der Waals surface area contributed by atoms with Crippen molar-refractivity contribution in [3.63, 3.8) is 0 Å². The molecule has 0 aliphatic carbocycles. The Kier molecular flexibility index (Phi) is 4.18. The molecule has 0 aromatic heterocycles. The number of nitrogens with zero attached hydrogens (tertiary/aromatic N) is 1. The number of nitro benzene ring substituents is 1. The number of non-ortho nitro benzene ring substituents is 1. The standard InChI is InChI=1S/C15H13NO5/c1-10(11-5-3-2-4-6-11)21-14-9-12(16(19)20)7-8-13(14)15(17)18/h2-10H,1H3,(H,17,18). The normalized spacial score (nSPS) is 11.7. The summed E-state index contributed by atoms with van der Waals surface area (Å²) in [6, 6.07) is 12.6. The Morgan fingerprint density at radius 2 is 1.90 bits per heavy atom. The zero-order valence-electron chi connectivity index (χ0n) is 11.2. The Morgan fingerprint density at radius 3 is 2.48 bits per heavy atom. The molecule has 0 spiro atoms. The zero-order chi connectivity index (χ0) is 15.4.